The molecule has 0 aliphatic carbocycles. The van der Waals surface area contributed by atoms with Gasteiger partial charge < -0.3 is 16.2 Å². The number of nitrogens with one attached hydrogen (secondary N) is 1. The Bertz CT molecular complexity index is 362. The Balaban J connectivity index is 2.77. The Morgan fingerprint density at radius 2 is 1.71 bits per heavy atom. The third kappa shape index (κ3) is 3.53. The first kappa shape index (κ1) is 14.2. The second kappa shape index (κ2) is 6.15. The molecule has 1 unspecified atom stereocenters. The van der Waals surface area contributed by atoms with E-state index in [1.807, 2.05) is 0 Å². The number of nitrogens with two attached hydrogens (primary N) is 1. The van der Waals surface area contributed by atoms with Crippen LogP contribution >= 0.6 is 0 Å². The molecule has 0 saturated heterocycles. The van der Waals surface area contributed by atoms with Crippen molar-refractivity contribution >= 4 is 0 Å². The number of hydrogen-bond acceptors (Lipinski definition) is 3. The molecule has 0 aliphatic rings. The Morgan fingerprint density at radius 1 is 1.18 bits per heavy atom. The van der Waals surface area contributed by atoms with Gasteiger partial charge in [0.25, 0.3) is 0 Å². The molecule has 0 fully saturated rings. The fraction of sp³-hybridized carbons (Fsp3) is 0.571. The summed E-state index contributed by atoms with van der Waals surface area (Å²) in [5, 5.41) is 12.7. The average molecular weight is 236 g/mol. The van der Waals surface area contributed by atoms with Crippen molar-refractivity contribution in [1.82, 2.24) is 5.32 Å². The van der Waals surface area contributed by atoms with E-state index in [0.717, 1.165) is 6.54 Å². The van der Waals surface area contributed by atoms with Gasteiger partial charge in [-0.05, 0) is 55.5 Å². The second-order valence-electron chi connectivity index (χ2n) is 4.76. The predicted molar refractivity (Wildman–Crippen MR) is 72.2 cm³/mol. The van der Waals surface area contributed by atoms with Gasteiger partial charge >= 0.3 is 0 Å². The number of aliphatic hydroxyl groups is 1. The first-order chi connectivity index (χ1) is 7.97. The van der Waals surface area contributed by atoms with Gasteiger partial charge in [0, 0.05) is 19.6 Å². The molecule has 1 aromatic carbocycles. The lowest BCUT2D eigenvalue weighted by atomic mass is 9.94. The second-order valence-corrected chi connectivity index (χ2v) is 4.76. The quantitative estimate of drug-likeness (QED) is 0.723. The highest BCUT2D eigenvalue weighted by atomic mass is 16.3. The molecule has 96 valence electrons. The zero-order valence-electron chi connectivity index (χ0n) is 11.3. The normalized spacial score (nSPS) is 12.8. The molecular weight excluding hydrogens is 212 g/mol. The maximum atomic E-state index is 9.40. The monoisotopic (exact) mass is 236 g/mol. The number of rotatable bonds is 5. The van der Waals surface area contributed by atoms with E-state index in [2.05, 4.69) is 39.1 Å². The summed E-state index contributed by atoms with van der Waals surface area (Å²) >= 11 is 0. The summed E-state index contributed by atoms with van der Waals surface area (Å²) in [6.45, 7) is 10.2. The smallest absolute Gasteiger partial charge is 0.0786 e. The fourth-order valence-corrected chi connectivity index (χ4v) is 2.01. The molecule has 0 radical (unpaired) electrons. The molecule has 0 aromatic heterocycles. The minimum absolute atomic E-state index is 0.303. The molecule has 0 bridgehead atoms. The van der Waals surface area contributed by atoms with Crippen LogP contribution in [0.2, 0.25) is 0 Å². The van der Waals surface area contributed by atoms with E-state index >= 15 is 0 Å². The third-order valence-electron chi connectivity index (χ3n) is 3.48. The largest absolute Gasteiger partial charge is 0.390 e. The zero-order valence-corrected chi connectivity index (χ0v) is 11.3. The maximum Gasteiger partial charge on any atom is 0.0786 e. The standard InChI is InChI=1S/C14H24N2O/c1-9-5-10(2)12(4)14(11(9)3)8-16-7-13(17)6-15/h5,13,16-17H,6-8,15H2,1-4H3. The van der Waals surface area contributed by atoms with E-state index in [1.165, 1.54) is 27.8 Å². The van der Waals surface area contributed by atoms with Crippen molar-refractivity contribution < 1.29 is 5.11 Å². The third-order valence-corrected chi connectivity index (χ3v) is 3.48. The van der Waals surface area contributed by atoms with Gasteiger partial charge in [0.15, 0.2) is 0 Å². The van der Waals surface area contributed by atoms with Gasteiger partial charge in [-0.2, -0.15) is 0 Å². The molecule has 0 heterocycles. The molecule has 0 amide bonds. The highest BCUT2D eigenvalue weighted by Gasteiger charge is 2.08. The molecule has 1 atom stereocenters. The van der Waals surface area contributed by atoms with Crippen LogP contribution in [0, 0.1) is 27.7 Å². The van der Waals surface area contributed by atoms with Crippen LogP contribution in [0.4, 0.5) is 0 Å². The summed E-state index contributed by atoms with van der Waals surface area (Å²) in [5.41, 5.74) is 12.0. The SMILES string of the molecule is Cc1cc(C)c(C)c(CNCC(O)CN)c1C. The lowest BCUT2D eigenvalue weighted by molar-refractivity contribution is 0.179. The summed E-state index contributed by atoms with van der Waals surface area (Å²) in [4.78, 5) is 0. The summed E-state index contributed by atoms with van der Waals surface area (Å²) in [6, 6.07) is 2.23. The average Bonchev–Trinajstić information content (AvgIpc) is 2.30. The van der Waals surface area contributed by atoms with Gasteiger partial charge in [-0.15, -0.1) is 0 Å². The Morgan fingerprint density at radius 3 is 2.18 bits per heavy atom. The number of aliphatic hydroxyl groups excluding tert-OH is 1. The van der Waals surface area contributed by atoms with Gasteiger partial charge in [0.2, 0.25) is 0 Å². The highest BCUT2D eigenvalue weighted by Crippen LogP contribution is 2.21. The van der Waals surface area contributed by atoms with Crippen LogP contribution in [0.1, 0.15) is 27.8 Å². The highest BCUT2D eigenvalue weighted by molar-refractivity contribution is 5.43. The number of hydrogen-bond donors (Lipinski definition) is 3. The Hall–Kier alpha value is -0.900. The molecule has 0 spiro atoms. The molecular formula is C14H24N2O. The first-order valence-electron chi connectivity index (χ1n) is 6.12. The van der Waals surface area contributed by atoms with Crippen LogP contribution in [0.15, 0.2) is 6.07 Å². The zero-order chi connectivity index (χ0) is 13.0. The fourth-order valence-electron chi connectivity index (χ4n) is 2.01. The van der Waals surface area contributed by atoms with E-state index in [0.29, 0.717) is 13.1 Å². The van der Waals surface area contributed by atoms with Crippen molar-refractivity contribution in [3.05, 3.63) is 33.9 Å². The van der Waals surface area contributed by atoms with Crippen LogP contribution in [-0.4, -0.2) is 24.3 Å². The first-order valence-corrected chi connectivity index (χ1v) is 6.12. The van der Waals surface area contributed by atoms with E-state index in [1.54, 1.807) is 0 Å². The summed E-state index contributed by atoms with van der Waals surface area (Å²) in [6.07, 6.45) is -0.457. The van der Waals surface area contributed by atoms with Gasteiger partial charge in [0.05, 0.1) is 6.10 Å². The van der Waals surface area contributed by atoms with Crippen LogP contribution in [-0.2, 0) is 6.54 Å². The molecule has 0 saturated carbocycles. The van der Waals surface area contributed by atoms with Gasteiger partial charge in [0.1, 0.15) is 0 Å². The molecule has 0 aliphatic heterocycles. The predicted octanol–water partition coefficient (Wildman–Crippen LogP) is 1.33. The van der Waals surface area contributed by atoms with Crippen LogP contribution in [0.5, 0.6) is 0 Å². The minimum Gasteiger partial charge on any atom is -0.390 e. The summed E-state index contributed by atoms with van der Waals surface area (Å²) < 4.78 is 0. The summed E-state index contributed by atoms with van der Waals surface area (Å²) in [5.74, 6) is 0. The molecule has 1 rings (SSSR count). The van der Waals surface area contributed by atoms with Crippen molar-refractivity contribution in [2.75, 3.05) is 13.1 Å². The van der Waals surface area contributed by atoms with E-state index in [-0.39, 0.29) is 0 Å². The number of benzene rings is 1. The summed E-state index contributed by atoms with van der Waals surface area (Å²) in [7, 11) is 0. The van der Waals surface area contributed by atoms with Crippen LogP contribution in [0.3, 0.4) is 0 Å². The van der Waals surface area contributed by atoms with Crippen molar-refractivity contribution in [2.24, 2.45) is 5.73 Å². The van der Waals surface area contributed by atoms with Gasteiger partial charge in [-0.25, -0.2) is 0 Å². The lowest BCUT2D eigenvalue weighted by Crippen LogP contribution is -2.32. The topological polar surface area (TPSA) is 58.3 Å². The van der Waals surface area contributed by atoms with E-state index in [4.69, 9.17) is 5.73 Å². The van der Waals surface area contributed by atoms with Crippen LogP contribution in [0.25, 0.3) is 0 Å². The van der Waals surface area contributed by atoms with Gasteiger partial charge in [-0.3, -0.25) is 0 Å². The minimum atomic E-state index is -0.457. The van der Waals surface area contributed by atoms with Crippen molar-refractivity contribution in [2.45, 2.75) is 40.3 Å². The van der Waals surface area contributed by atoms with E-state index < -0.39 is 6.10 Å². The van der Waals surface area contributed by atoms with Crippen molar-refractivity contribution in [3.8, 4) is 0 Å². The Kier molecular flexibility index (Phi) is 5.12. The Labute approximate surface area is 104 Å². The molecule has 4 N–H and O–H groups in total. The maximum absolute atomic E-state index is 9.40. The van der Waals surface area contributed by atoms with Crippen molar-refractivity contribution in [3.63, 3.8) is 0 Å². The molecule has 1 aromatic rings. The lowest BCUT2D eigenvalue weighted by Gasteiger charge is -2.17. The van der Waals surface area contributed by atoms with Crippen LogP contribution < -0.4 is 11.1 Å². The molecule has 3 heteroatoms. The number of aryl methyl sites for hydroxylation is 2. The van der Waals surface area contributed by atoms with Crippen molar-refractivity contribution in [1.29, 1.82) is 0 Å². The van der Waals surface area contributed by atoms with Gasteiger partial charge in [-0.1, -0.05) is 6.07 Å². The van der Waals surface area contributed by atoms with E-state index in [9.17, 15) is 5.11 Å². The molecule has 3 nitrogen and oxygen atoms in total. The molecule has 17 heavy (non-hydrogen) atoms.